The fraction of sp³-hybridized carbons (Fsp3) is 0.372. The van der Waals surface area contributed by atoms with Crippen LogP contribution in [0.15, 0.2) is 60.8 Å². The number of benzene rings is 3. The van der Waals surface area contributed by atoms with E-state index >= 15 is 0 Å². The summed E-state index contributed by atoms with van der Waals surface area (Å²) in [6, 6.07) is 17.3. The Labute approximate surface area is 335 Å². The second-order valence-electron chi connectivity index (χ2n) is 15.8. The molecule has 2 saturated heterocycles. The number of para-hydroxylation sites is 1. The maximum absolute atomic E-state index is 13.5. The van der Waals surface area contributed by atoms with Gasteiger partial charge in [0.1, 0.15) is 17.9 Å². The molecule has 298 valence electrons. The standard InChI is InChI=1S/C43H46N10O5/c1-25-5-4-6-26(2)38(25)47-39-34-21-44-43(48-40(34)50(3)49-39)45-30-8-7-27-13-16-51(22-28(27)19-30)24-37(55)52-17-14-31(15-18-52)58-32-9-10-33-29(20-32)23-53(42(33)57)35-11-12-36(54)46-41(35)56/h4-10,19-21,31,35H,11-18,22-24H2,1-3H3,(H,47,49)(H,44,45,48)(H,46,54,56). The molecule has 0 bridgehead atoms. The Bertz CT molecular complexity index is 2450. The van der Waals surface area contributed by atoms with E-state index in [1.165, 1.54) is 16.0 Å². The van der Waals surface area contributed by atoms with Gasteiger partial charge in [0.25, 0.3) is 5.91 Å². The summed E-state index contributed by atoms with van der Waals surface area (Å²) in [5.74, 6) is 1.03. The molecular formula is C43H46N10O5. The van der Waals surface area contributed by atoms with Gasteiger partial charge in [0.2, 0.25) is 23.7 Å². The largest absolute Gasteiger partial charge is 0.490 e. The maximum Gasteiger partial charge on any atom is 0.255 e. The fourth-order valence-corrected chi connectivity index (χ4v) is 8.61. The summed E-state index contributed by atoms with van der Waals surface area (Å²) in [5.41, 5.74) is 8.71. The molecule has 15 heteroatoms. The van der Waals surface area contributed by atoms with Crippen LogP contribution >= 0.6 is 0 Å². The van der Waals surface area contributed by atoms with Gasteiger partial charge in [-0.25, -0.2) is 9.67 Å². The number of nitrogens with zero attached hydrogens (tertiary/aromatic N) is 7. The molecule has 4 amide bonds. The smallest absolute Gasteiger partial charge is 0.255 e. The Morgan fingerprint density at radius 3 is 2.50 bits per heavy atom. The number of aryl methyl sites for hydroxylation is 3. The Hall–Kier alpha value is -6.35. The molecule has 1 atom stereocenters. The molecule has 4 aliphatic rings. The minimum Gasteiger partial charge on any atom is -0.490 e. The van der Waals surface area contributed by atoms with Gasteiger partial charge in [-0.2, -0.15) is 10.1 Å². The second kappa shape index (κ2) is 15.2. The molecule has 3 aromatic carbocycles. The highest BCUT2D eigenvalue weighted by molar-refractivity contribution is 6.05. The van der Waals surface area contributed by atoms with Gasteiger partial charge in [-0.1, -0.05) is 24.3 Å². The van der Waals surface area contributed by atoms with Gasteiger partial charge >= 0.3 is 0 Å². The number of carbonyl (C=O) groups is 4. The number of ether oxygens (including phenoxy) is 1. The third-order valence-corrected chi connectivity index (χ3v) is 11.8. The number of nitrogens with one attached hydrogen (secondary N) is 3. The predicted octanol–water partition coefficient (Wildman–Crippen LogP) is 4.66. The lowest BCUT2D eigenvalue weighted by molar-refractivity contribution is -0.137. The van der Waals surface area contributed by atoms with Crippen molar-refractivity contribution in [2.75, 3.05) is 36.8 Å². The summed E-state index contributed by atoms with van der Waals surface area (Å²) >= 11 is 0. The van der Waals surface area contributed by atoms with E-state index in [2.05, 4.69) is 70.0 Å². The molecule has 3 N–H and O–H groups in total. The lowest BCUT2D eigenvalue weighted by Gasteiger charge is -2.35. The lowest BCUT2D eigenvalue weighted by atomic mass is 9.99. The minimum absolute atomic E-state index is 0.0534. The topological polar surface area (TPSA) is 167 Å². The molecule has 58 heavy (non-hydrogen) atoms. The third-order valence-electron chi connectivity index (χ3n) is 11.8. The third kappa shape index (κ3) is 7.33. The molecule has 2 aromatic heterocycles. The lowest BCUT2D eigenvalue weighted by Crippen LogP contribution is -2.52. The van der Waals surface area contributed by atoms with Crippen LogP contribution in [0.25, 0.3) is 11.0 Å². The number of amides is 4. The molecule has 5 aromatic rings. The van der Waals surface area contributed by atoms with Crippen molar-refractivity contribution in [3.63, 3.8) is 0 Å². The van der Waals surface area contributed by atoms with Crippen LogP contribution in [0, 0.1) is 13.8 Å². The van der Waals surface area contributed by atoms with Crippen molar-refractivity contribution in [2.24, 2.45) is 7.05 Å². The van der Waals surface area contributed by atoms with E-state index in [1.54, 1.807) is 23.0 Å². The van der Waals surface area contributed by atoms with Crippen LogP contribution in [0.1, 0.15) is 63.9 Å². The zero-order valence-corrected chi connectivity index (χ0v) is 32.9. The first kappa shape index (κ1) is 37.2. The van der Waals surface area contributed by atoms with Gasteiger partial charge in [-0.3, -0.25) is 29.4 Å². The van der Waals surface area contributed by atoms with Crippen molar-refractivity contribution in [3.05, 3.63) is 94.2 Å². The molecule has 4 aliphatic heterocycles. The molecule has 15 nitrogen and oxygen atoms in total. The van der Waals surface area contributed by atoms with Crippen molar-refractivity contribution in [1.29, 1.82) is 0 Å². The molecule has 0 radical (unpaired) electrons. The van der Waals surface area contributed by atoms with Gasteiger partial charge < -0.3 is 25.2 Å². The first-order chi connectivity index (χ1) is 28.1. The summed E-state index contributed by atoms with van der Waals surface area (Å²) in [6.07, 6.45) is 4.56. The number of piperidine rings is 2. The number of imide groups is 1. The Morgan fingerprint density at radius 1 is 0.897 bits per heavy atom. The number of hydrogen-bond acceptors (Lipinski definition) is 11. The minimum atomic E-state index is -0.653. The van der Waals surface area contributed by atoms with Gasteiger partial charge in [-0.15, -0.1) is 0 Å². The molecule has 0 spiro atoms. The quantitative estimate of drug-likeness (QED) is 0.178. The maximum atomic E-state index is 13.5. The monoisotopic (exact) mass is 782 g/mol. The average molecular weight is 783 g/mol. The number of hydrogen-bond donors (Lipinski definition) is 3. The van der Waals surface area contributed by atoms with Gasteiger partial charge in [0.05, 0.1) is 11.9 Å². The van der Waals surface area contributed by atoms with E-state index in [0.29, 0.717) is 80.7 Å². The predicted molar refractivity (Wildman–Crippen MR) is 217 cm³/mol. The van der Waals surface area contributed by atoms with E-state index < -0.39 is 11.9 Å². The molecule has 2 fully saturated rings. The highest BCUT2D eigenvalue weighted by atomic mass is 16.5. The molecule has 9 rings (SSSR count). The molecule has 6 heterocycles. The summed E-state index contributed by atoms with van der Waals surface area (Å²) < 4.78 is 8.09. The van der Waals surface area contributed by atoms with Gasteiger partial charge in [-0.05, 0) is 84.8 Å². The second-order valence-corrected chi connectivity index (χ2v) is 15.8. The van der Waals surface area contributed by atoms with Crippen molar-refractivity contribution >= 4 is 57.8 Å². The van der Waals surface area contributed by atoms with Crippen LogP contribution in [0.4, 0.5) is 23.1 Å². The fourth-order valence-electron chi connectivity index (χ4n) is 8.61. The Balaban J connectivity index is 0.773. The SMILES string of the molecule is Cc1cccc(C)c1Nc1nn(C)c2nc(Nc3ccc4c(c3)CN(CC(=O)N3CCC(Oc5ccc6c(c5)CN(C5CCC(=O)NC5=O)C6=O)CC3)CC4)ncc12. The van der Waals surface area contributed by atoms with Crippen LogP contribution in [0.3, 0.4) is 0 Å². The van der Waals surface area contributed by atoms with Crippen molar-refractivity contribution in [2.45, 2.75) is 71.2 Å². The molecule has 1 unspecified atom stereocenters. The summed E-state index contributed by atoms with van der Waals surface area (Å²) in [7, 11) is 1.88. The van der Waals surface area contributed by atoms with Crippen molar-refractivity contribution in [1.82, 2.24) is 39.8 Å². The van der Waals surface area contributed by atoms with Crippen LogP contribution in [0.2, 0.25) is 0 Å². The van der Waals surface area contributed by atoms with Gasteiger partial charge in [0.15, 0.2) is 11.5 Å². The van der Waals surface area contributed by atoms with Crippen LogP contribution < -0.4 is 20.7 Å². The summed E-state index contributed by atoms with van der Waals surface area (Å²) in [4.78, 5) is 65.7. The number of carbonyl (C=O) groups excluding carboxylic acids is 4. The average Bonchev–Trinajstić information content (AvgIpc) is 3.70. The van der Waals surface area contributed by atoms with Crippen LogP contribution in [-0.4, -0.2) is 96.4 Å². The van der Waals surface area contributed by atoms with E-state index in [0.717, 1.165) is 46.4 Å². The molecular weight excluding hydrogens is 737 g/mol. The normalized spacial score (nSPS) is 18.6. The highest BCUT2D eigenvalue weighted by Gasteiger charge is 2.39. The Kier molecular flexibility index (Phi) is 9.76. The van der Waals surface area contributed by atoms with E-state index in [1.807, 2.05) is 24.1 Å². The molecule has 0 aliphatic carbocycles. The zero-order valence-electron chi connectivity index (χ0n) is 32.9. The number of anilines is 4. The number of rotatable bonds is 9. The first-order valence-electron chi connectivity index (χ1n) is 19.9. The van der Waals surface area contributed by atoms with Crippen molar-refractivity contribution in [3.8, 4) is 5.75 Å². The first-order valence-corrected chi connectivity index (χ1v) is 19.9. The number of fused-ring (bicyclic) bond motifs is 3. The number of aromatic nitrogens is 4. The number of likely N-dealkylation sites (tertiary alicyclic amines) is 1. The zero-order chi connectivity index (χ0) is 40.1. The van der Waals surface area contributed by atoms with E-state index in [-0.39, 0.29) is 30.2 Å². The summed E-state index contributed by atoms with van der Waals surface area (Å²) in [6.45, 7) is 7.50. The van der Waals surface area contributed by atoms with E-state index in [9.17, 15) is 19.2 Å². The summed E-state index contributed by atoms with van der Waals surface area (Å²) in [5, 5.41) is 14.7. The van der Waals surface area contributed by atoms with Crippen molar-refractivity contribution < 1.29 is 23.9 Å². The highest BCUT2D eigenvalue weighted by Crippen LogP contribution is 2.33. The van der Waals surface area contributed by atoms with Crippen LogP contribution in [-0.2, 0) is 40.9 Å². The Morgan fingerprint density at radius 2 is 1.71 bits per heavy atom. The van der Waals surface area contributed by atoms with Crippen LogP contribution in [0.5, 0.6) is 5.75 Å². The molecule has 0 saturated carbocycles. The van der Waals surface area contributed by atoms with Gasteiger partial charge in [0, 0.05) is 82.2 Å². The van der Waals surface area contributed by atoms with E-state index in [4.69, 9.17) is 14.8 Å².